The number of imidazole rings is 2. The number of nitrogens with zero attached hydrogens (tertiary/aromatic N) is 4. The van der Waals surface area contributed by atoms with Gasteiger partial charge in [0.2, 0.25) is 0 Å². The molecule has 2 aromatic carbocycles. The zero-order valence-corrected chi connectivity index (χ0v) is 22.9. The lowest BCUT2D eigenvalue weighted by Crippen LogP contribution is -2.28. The van der Waals surface area contributed by atoms with Crippen molar-refractivity contribution in [3.8, 4) is 0 Å². The fourth-order valence-electron chi connectivity index (χ4n) is 2.95. The molecule has 0 fully saturated rings. The quantitative estimate of drug-likeness (QED) is 0.302. The number of hydrogen-bond donors (Lipinski definition) is 1. The van der Waals surface area contributed by atoms with Gasteiger partial charge in [-0.25, -0.2) is 18.3 Å². The van der Waals surface area contributed by atoms with Gasteiger partial charge in [-0.15, -0.1) is 0 Å². The molecule has 0 saturated heterocycles. The lowest BCUT2D eigenvalue weighted by molar-refractivity contribution is -0.709. The maximum Gasteiger partial charge on any atom is 0.322 e. The molecule has 4 aromatic rings. The van der Waals surface area contributed by atoms with Gasteiger partial charge in [0, 0.05) is 9.79 Å². The Morgan fingerprint density at radius 3 is 1.37 bits per heavy atom. The number of benzene rings is 2. The summed E-state index contributed by atoms with van der Waals surface area (Å²) in [6.07, 6.45) is 8.42. The maximum atomic E-state index is 8.88. The van der Waals surface area contributed by atoms with Crippen molar-refractivity contribution in [3.63, 3.8) is 0 Å². The minimum absolute atomic E-state index is 1.01. The highest BCUT2D eigenvalue weighted by molar-refractivity contribution is 7.99. The van der Waals surface area contributed by atoms with E-state index in [4.69, 9.17) is 14.4 Å². The molecule has 0 aliphatic carbocycles. The summed E-state index contributed by atoms with van der Waals surface area (Å²) in [7, 11) is -0.477. The molecule has 2 N–H and O–H groups in total. The molecule has 0 aliphatic heterocycles. The molecular formula is C24H32N5O3PS2. The molecule has 11 heteroatoms. The Hall–Kier alpha value is -2.33. The van der Waals surface area contributed by atoms with E-state index in [2.05, 4.69) is 125 Å². The topological polar surface area (TPSA) is 107 Å². The van der Waals surface area contributed by atoms with E-state index in [1.807, 2.05) is 12.1 Å². The Bertz CT molecular complexity index is 1120. The van der Waals surface area contributed by atoms with Crippen LogP contribution in [0, 0.1) is 0 Å². The first-order valence-corrected chi connectivity index (χ1v) is 14.2. The molecule has 4 rings (SSSR count). The zero-order chi connectivity index (χ0) is 25.8. The molecule has 2 aromatic heterocycles. The van der Waals surface area contributed by atoms with Crippen LogP contribution in [0.4, 0.5) is 0 Å². The van der Waals surface area contributed by atoms with Crippen LogP contribution in [0.5, 0.6) is 0 Å². The van der Waals surface area contributed by atoms with Crippen molar-refractivity contribution in [1.82, 2.24) is 9.13 Å². The van der Waals surface area contributed by atoms with Crippen molar-refractivity contribution in [2.45, 2.75) is 47.0 Å². The molecule has 0 spiro atoms. The highest BCUT2D eigenvalue weighted by atomic mass is 32.2. The van der Waals surface area contributed by atoms with E-state index in [-0.39, 0.29) is 0 Å². The summed E-state index contributed by atoms with van der Waals surface area (Å²) in [5, 5.41) is 2.53. The molecule has 0 aliphatic rings. The largest absolute Gasteiger partial charge is 0.799 e. The van der Waals surface area contributed by atoms with Crippen molar-refractivity contribution in [2.24, 2.45) is 19.6 Å². The van der Waals surface area contributed by atoms with Crippen molar-refractivity contribution in [1.29, 1.82) is 0 Å². The zero-order valence-electron chi connectivity index (χ0n) is 20.4. The van der Waals surface area contributed by atoms with Crippen molar-refractivity contribution >= 4 is 31.3 Å². The molecule has 0 amide bonds. The summed E-state index contributed by atoms with van der Waals surface area (Å²) in [5.41, 5.74) is 3.80. The van der Waals surface area contributed by atoms with Gasteiger partial charge in [0.05, 0.1) is 27.2 Å². The third-order valence-electron chi connectivity index (χ3n) is 4.62. The van der Waals surface area contributed by atoms with Gasteiger partial charge in [0.15, 0.2) is 0 Å². The van der Waals surface area contributed by atoms with Gasteiger partial charge in [-0.1, -0.05) is 36.4 Å². The summed E-state index contributed by atoms with van der Waals surface area (Å²) in [5.74, 6) is 0. The third-order valence-corrected chi connectivity index (χ3v) is 7.05. The van der Waals surface area contributed by atoms with Gasteiger partial charge in [0.25, 0.3) is 0 Å². The van der Waals surface area contributed by atoms with Crippen molar-refractivity contribution in [3.05, 3.63) is 85.5 Å². The first kappa shape index (κ1) is 28.9. The third kappa shape index (κ3) is 10.4. The number of rotatable bonds is 6. The molecule has 188 valence electrons. The Labute approximate surface area is 215 Å². The molecule has 2 heterocycles. The van der Waals surface area contributed by atoms with Crippen LogP contribution in [-0.2, 0) is 31.7 Å². The van der Waals surface area contributed by atoms with Gasteiger partial charge in [-0.2, -0.15) is 0 Å². The molecule has 0 saturated carbocycles. The summed E-state index contributed by atoms with van der Waals surface area (Å²) < 4.78 is 17.7. The van der Waals surface area contributed by atoms with Crippen LogP contribution in [0.1, 0.15) is 13.8 Å². The normalized spacial score (nSPS) is 10.7. The van der Waals surface area contributed by atoms with E-state index in [1.165, 1.54) is 20.1 Å². The molecule has 8 nitrogen and oxygen atoms in total. The van der Waals surface area contributed by atoms with Crippen LogP contribution in [0.15, 0.2) is 106 Å². The van der Waals surface area contributed by atoms with Crippen LogP contribution < -0.4 is 24.4 Å². The van der Waals surface area contributed by atoms with Crippen LogP contribution >= 0.6 is 31.3 Å². The Balaban J connectivity index is 0.000000208. The number of aryl methyl sites for hydroxylation is 4. The van der Waals surface area contributed by atoms with Crippen LogP contribution in [0.2, 0.25) is 0 Å². The Morgan fingerprint density at radius 1 is 0.771 bits per heavy atom. The summed E-state index contributed by atoms with van der Waals surface area (Å²) >= 11 is 3.60. The predicted octanol–water partition coefficient (Wildman–Crippen LogP) is 2.74. The molecular weight excluding hydrogens is 501 g/mol. The van der Waals surface area contributed by atoms with Gasteiger partial charge in [-0.3, -0.25) is 0 Å². The van der Waals surface area contributed by atoms with E-state index in [9.17, 15) is 0 Å². The minimum Gasteiger partial charge on any atom is -0.799 e. The molecule has 0 bridgehead atoms. The lowest BCUT2D eigenvalue weighted by atomic mass is 10.4. The summed E-state index contributed by atoms with van der Waals surface area (Å²) in [4.78, 5) is 20.3. The minimum atomic E-state index is -4.64. The second-order valence-electron chi connectivity index (χ2n) is 7.33. The highest BCUT2D eigenvalue weighted by Gasteiger charge is 2.15. The van der Waals surface area contributed by atoms with Crippen molar-refractivity contribution in [2.75, 3.05) is 0 Å². The first-order valence-electron chi connectivity index (χ1n) is 11.0. The van der Waals surface area contributed by atoms with Crippen LogP contribution in [0.3, 0.4) is 0 Å². The fourth-order valence-corrected chi connectivity index (χ4v) is 4.98. The van der Waals surface area contributed by atoms with Gasteiger partial charge < -0.3 is 19.9 Å². The predicted molar refractivity (Wildman–Crippen MR) is 135 cm³/mol. The van der Waals surface area contributed by atoms with Crippen LogP contribution in [0.25, 0.3) is 0 Å². The smallest absolute Gasteiger partial charge is 0.322 e. The lowest BCUT2D eigenvalue weighted by Gasteiger charge is -2.21. The van der Waals surface area contributed by atoms with E-state index < -0.39 is 7.75 Å². The van der Waals surface area contributed by atoms with E-state index >= 15 is 0 Å². The second-order valence-corrected chi connectivity index (χ2v) is 10.5. The van der Waals surface area contributed by atoms with Gasteiger partial charge >= 0.3 is 10.3 Å². The summed E-state index contributed by atoms with van der Waals surface area (Å²) in [6, 6.07) is 20.9. The monoisotopic (exact) mass is 533 g/mol. The standard InChI is InChI=1S/2C12H15N2S.H4NO3P/c2*1-3-14-10-9-13(2)12(14)15-11-7-5-4-6-8-11;1-5(2,3)4/h2*4-10H,3H2,1-2H3;(H4,1,2,3,4)/q2*+1;/p-2. The van der Waals surface area contributed by atoms with E-state index in [0.29, 0.717) is 0 Å². The second kappa shape index (κ2) is 14.3. The average molecular weight is 534 g/mol. The van der Waals surface area contributed by atoms with Gasteiger partial charge in [0.1, 0.15) is 24.8 Å². The molecule has 0 unspecified atom stereocenters. The number of aromatic nitrogens is 4. The van der Waals surface area contributed by atoms with Gasteiger partial charge in [-0.05, 0) is 69.4 Å². The van der Waals surface area contributed by atoms with Crippen molar-refractivity contribution < 1.29 is 23.5 Å². The number of nitrogens with two attached hydrogens (primary N) is 1. The SMILES string of the molecule is CCn1cc[n+](C)c1Sc1ccccc1.CCn1cc[n+](C)c1Sc1ccccc1.NP(=O)([O-])[O-]. The Kier molecular flexibility index (Phi) is 11.8. The average Bonchev–Trinajstić information content (AvgIpc) is 3.36. The molecule has 35 heavy (non-hydrogen) atoms. The van der Waals surface area contributed by atoms with Crippen LogP contribution in [-0.4, -0.2) is 9.13 Å². The first-order chi connectivity index (χ1) is 16.6. The highest BCUT2D eigenvalue weighted by Crippen LogP contribution is 2.25. The summed E-state index contributed by atoms with van der Waals surface area (Å²) in [6.45, 7) is 6.34. The Morgan fingerprint density at radius 2 is 1.09 bits per heavy atom. The van der Waals surface area contributed by atoms with E-state index in [1.54, 1.807) is 23.5 Å². The molecule has 0 atom stereocenters. The van der Waals surface area contributed by atoms with E-state index in [0.717, 1.165) is 13.1 Å². The molecule has 0 radical (unpaired) electrons. The maximum absolute atomic E-state index is 8.88. The fraction of sp³-hybridized carbons (Fsp3) is 0.250. The number of hydrogen-bond acceptors (Lipinski definition) is 5.